The number of thioether (sulfide) groups is 1. The number of ether oxygens (including phenoxy) is 2. The molecule has 0 unspecified atom stereocenters. The highest BCUT2D eigenvalue weighted by atomic mass is 32.2. The summed E-state index contributed by atoms with van der Waals surface area (Å²) in [6, 6.07) is 13.5. The summed E-state index contributed by atoms with van der Waals surface area (Å²) in [5.41, 5.74) is 2.32. The van der Waals surface area contributed by atoms with E-state index in [0.29, 0.717) is 17.2 Å². The maximum absolute atomic E-state index is 13.2. The van der Waals surface area contributed by atoms with Gasteiger partial charge in [-0.05, 0) is 35.9 Å². The lowest BCUT2D eigenvalue weighted by atomic mass is 10.2. The van der Waals surface area contributed by atoms with E-state index in [9.17, 15) is 9.18 Å². The monoisotopic (exact) mass is 455 g/mol. The Bertz CT molecular complexity index is 1230. The van der Waals surface area contributed by atoms with E-state index in [1.807, 2.05) is 6.07 Å². The van der Waals surface area contributed by atoms with E-state index in [1.165, 1.54) is 41.6 Å². The Morgan fingerprint density at radius 2 is 1.84 bits per heavy atom. The maximum atomic E-state index is 13.2. The van der Waals surface area contributed by atoms with Crippen LogP contribution >= 0.6 is 23.1 Å². The van der Waals surface area contributed by atoms with Crippen molar-refractivity contribution >= 4 is 44.9 Å². The van der Waals surface area contributed by atoms with Gasteiger partial charge in [-0.3, -0.25) is 4.79 Å². The van der Waals surface area contributed by atoms with Crippen molar-refractivity contribution in [3.05, 3.63) is 60.7 Å². The van der Waals surface area contributed by atoms with Crippen molar-refractivity contribution in [2.75, 3.05) is 25.3 Å². The third-order valence-electron chi connectivity index (χ3n) is 4.41. The summed E-state index contributed by atoms with van der Waals surface area (Å²) in [5.74, 6) is 0.871. The molecule has 2 heterocycles. The van der Waals surface area contributed by atoms with Crippen molar-refractivity contribution in [3.8, 4) is 21.9 Å². The van der Waals surface area contributed by atoms with Crippen LogP contribution < -0.4 is 14.8 Å². The normalized spacial score (nSPS) is 10.8. The summed E-state index contributed by atoms with van der Waals surface area (Å²) in [4.78, 5) is 22.1. The first-order chi connectivity index (χ1) is 15.1. The maximum Gasteiger partial charge on any atom is 0.234 e. The van der Waals surface area contributed by atoms with Crippen molar-refractivity contribution in [2.45, 2.75) is 5.03 Å². The van der Waals surface area contributed by atoms with Crippen LogP contribution in [0.3, 0.4) is 0 Å². The fourth-order valence-corrected chi connectivity index (χ4v) is 4.94. The smallest absolute Gasteiger partial charge is 0.234 e. The summed E-state index contributed by atoms with van der Waals surface area (Å²) < 4.78 is 24.6. The number of rotatable bonds is 7. The first-order valence-electron chi connectivity index (χ1n) is 9.22. The van der Waals surface area contributed by atoms with E-state index in [2.05, 4.69) is 15.3 Å². The van der Waals surface area contributed by atoms with E-state index in [4.69, 9.17) is 9.47 Å². The molecule has 4 rings (SSSR count). The quantitative estimate of drug-likeness (QED) is 0.303. The highest BCUT2D eigenvalue weighted by Gasteiger charge is 2.13. The summed E-state index contributed by atoms with van der Waals surface area (Å²) in [5, 5.41) is 3.58. The molecule has 31 heavy (non-hydrogen) atoms. The number of benzene rings is 2. The number of hydrogen-bond donors (Lipinski definition) is 1. The Hall–Kier alpha value is -3.17. The van der Waals surface area contributed by atoms with Crippen LogP contribution in [0.2, 0.25) is 0 Å². The minimum Gasteiger partial charge on any atom is -0.493 e. The lowest BCUT2D eigenvalue weighted by Crippen LogP contribution is -2.14. The molecule has 2 aromatic heterocycles. The van der Waals surface area contributed by atoms with Crippen LogP contribution in [0.25, 0.3) is 20.7 Å². The third-order valence-corrected chi connectivity index (χ3v) is 6.71. The van der Waals surface area contributed by atoms with Gasteiger partial charge in [-0.25, -0.2) is 14.4 Å². The second-order valence-corrected chi connectivity index (χ2v) is 8.43. The molecule has 0 aliphatic rings. The Labute approximate surface area is 186 Å². The van der Waals surface area contributed by atoms with Gasteiger partial charge in [-0.1, -0.05) is 23.9 Å². The second kappa shape index (κ2) is 9.32. The number of hydrogen-bond acceptors (Lipinski definition) is 7. The van der Waals surface area contributed by atoms with Crippen LogP contribution in [0.5, 0.6) is 11.5 Å². The van der Waals surface area contributed by atoms with Gasteiger partial charge in [-0.2, -0.15) is 0 Å². The molecular weight excluding hydrogens is 437 g/mol. The van der Waals surface area contributed by atoms with E-state index in [0.717, 1.165) is 25.7 Å². The van der Waals surface area contributed by atoms with Crippen molar-refractivity contribution in [1.82, 2.24) is 9.97 Å². The Morgan fingerprint density at radius 1 is 1.06 bits per heavy atom. The first kappa shape index (κ1) is 21.1. The van der Waals surface area contributed by atoms with Crippen molar-refractivity contribution in [3.63, 3.8) is 0 Å². The summed E-state index contributed by atoms with van der Waals surface area (Å²) in [6.45, 7) is 0. The molecule has 0 fully saturated rings. The minimum atomic E-state index is -0.276. The van der Waals surface area contributed by atoms with Crippen molar-refractivity contribution < 1.29 is 18.7 Å². The molecule has 0 radical (unpaired) electrons. The highest BCUT2D eigenvalue weighted by molar-refractivity contribution is 8.00. The molecule has 2 aromatic carbocycles. The van der Waals surface area contributed by atoms with Gasteiger partial charge in [0.15, 0.2) is 11.5 Å². The molecule has 4 aromatic rings. The number of halogens is 1. The average Bonchev–Trinajstić information content (AvgIpc) is 3.23. The lowest BCUT2D eigenvalue weighted by Gasteiger charge is -2.10. The number of carbonyl (C=O) groups is 1. The molecule has 0 saturated heterocycles. The molecule has 0 aliphatic heterocycles. The molecule has 0 atom stereocenters. The summed E-state index contributed by atoms with van der Waals surface area (Å²) >= 11 is 2.85. The fourth-order valence-electron chi connectivity index (χ4n) is 2.94. The zero-order valence-electron chi connectivity index (χ0n) is 16.7. The van der Waals surface area contributed by atoms with Crippen molar-refractivity contribution in [2.24, 2.45) is 0 Å². The van der Waals surface area contributed by atoms with Crippen molar-refractivity contribution in [1.29, 1.82) is 0 Å². The van der Waals surface area contributed by atoms with Gasteiger partial charge in [0.25, 0.3) is 0 Å². The zero-order valence-corrected chi connectivity index (χ0v) is 18.3. The molecular formula is C22H18FN3O3S2. The number of nitrogens with zero attached hydrogens (tertiary/aromatic N) is 2. The molecule has 0 spiro atoms. The minimum absolute atomic E-state index is 0.167. The Kier molecular flexibility index (Phi) is 6.34. The van der Waals surface area contributed by atoms with Crippen LogP contribution in [0, 0.1) is 5.82 Å². The predicted molar refractivity (Wildman–Crippen MR) is 122 cm³/mol. The molecule has 0 saturated carbocycles. The van der Waals surface area contributed by atoms with Gasteiger partial charge in [0.1, 0.15) is 17.2 Å². The molecule has 1 N–H and O–H groups in total. The number of thiophene rings is 1. The number of fused-ring (bicyclic) bond motifs is 1. The van der Waals surface area contributed by atoms with Crippen LogP contribution in [-0.2, 0) is 4.79 Å². The van der Waals surface area contributed by atoms with Gasteiger partial charge < -0.3 is 14.8 Å². The Morgan fingerprint density at radius 3 is 2.58 bits per heavy atom. The molecule has 158 valence electrons. The lowest BCUT2D eigenvalue weighted by molar-refractivity contribution is -0.113. The molecule has 0 aliphatic carbocycles. The zero-order chi connectivity index (χ0) is 21.8. The number of nitrogens with one attached hydrogen (secondary N) is 1. The number of amides is 1. The molecule has 0 bridgehead atoms. The second-order valence-electron chi connectivity index (χ2n) is 6.42. The predicted octanol–water partition coefficient (Wildman–Crippen LogP) is 5.25. The van der Waals surface area contributed by atoms with E-state index >= 15 is 0 Å². The van der Waals surface area contributed by atoms with Crippen LogP contribution in [0.4, 0.5) is 10.1 Å². The summed E-state index contributed by atoms with van der Waals surface area (Å²) in [6.07, 6.45) is 1.48. The van der Waals surface area contributed by atoms with E-state index in [-0.39, 0.29) is 17.5 Å². The Balaban J connectivity index is 1.47. The summed E-state index contributed by atoms with van der Waals surface area (Å²) in [7, 11) is 3.10. The third kappa shape index (κ3) is 4.78. The van der Waals surface area contributed by atoms with Crippen LogP contribution in [-0.4, -0.2) is 35.8 Å². The topological polar surface area (TPSA) is 73.3 Å². The number of methoxy groups -OCH3 is 2. The molecule has 9 heteroatoms. The standard InChI is InChI=1S/C22H18FN3O3S2/c1-28-17-8-7-15(9-18(17)29-2)26-20(27)11-30-22-21-16(24-12-25-22)10-19(31-21)13-3-5-14(23)6-4-13/h3-10,12H,11H2,1-2H3,(H,26,27). The van der Waals surface area contributed by atoms with E-state index in [1.54, 1.807) is 44.6 Å². The molecule has 6 nitrogen and oxygen atoms in total. The van der Waals surface area contributed by atoms with Crippen LogP contribution in [0.15, 0.2) is 59.9 Å². The number of carbonyl (C=O) groups excluding carboxylic acids is 1. The van der Waals surface area contributed by atoms with Gasteiger partial charge >= 0.3 is 0 Å². The van der Waals surface area contributed by atoms with Crippen LogP contribution in [0.1, 0.15) is 0 Å². The van der Waals surface area contributed by atoms with Gasteiger partial charge in [-0.15, -0.1) is 11.3 Å². The first-order valence-corrected chi connectivity index (χ1v) is 11.0. The molecule has 1 amide bonds. The number of anilines is 1. The number of aromatic nitrogens is 2. The van der Waals surface area contributed by atoms with Gasteiger partial charge in [0.2, 0.25) is 5.91 Å². The van der Waals surface area contributed by atoms with E-state index < -0.39 is 0 Å². The van der Waals surface area contributed by atoms with Gasteiger partial charge in [0, 0.05) is 16.6 Å². The van der Waals surface area contributed by atoms with Gasteiger partial charge in [0.05, 0.1) is 30.2 Å². The largest absolute Gasteiger partial charge is 0.493 e. The fraction of sp³-hybridized carbons (Fsp3) is 0.136. The SMILES string of the molecule is COc1ccc(NC(=O)CSc2ncnc3cc(-c4ccc(F)cc4)sc23)cc1OC. The average molecular weight is 456 g/mol. The highest BCUT2D eigenvalue weighted by Crippen LogP contribution is 2.37.